The Morgan fingerprint density at radius 3 is 2.38 bits per heavy atom. The zero-order valence-electron chi connectivity index (χ0n) is 13.3. The number of carbonyl (C=O) groups is 1. The molecule has 0 spiro atoms. The first-order valence-corrected chi connectivity index (χ1v) is 8.93. The summed E-state index contributed by atoms with van der Waals surface area (Å²) in [5, 5.41) is 0. The molecule has 0 aromatic rings. The van der Waals surface area contributed by atoms with Gasteiger partial charge < -0.3 is 9.64 Å². The zero-order chi connectivity index (χ0) is 14.5. The quantitative estimate of drug-likeness (QED) is 0.797. The second-order valence-corrected chi connectivity index (χ2v) is 7.02. The molecule has 2 saturated heterocycles. The predicted octanol–water partition coefficient (Wildman–Crippen LogP) is 2.28. The SMILES string of the molecule is O=C(CC1CCCCC1)N1CCN(C[C@@H]2CCCO2)CC1. The third-order valence-electron chi connectivity index (χ3n) is 5.40. The van der Waals surface area contributed by atoms with Crippen LogP contribution in [0.25, 0.3) is 0 Å². The van der Waals surface area contributed by atoms with Gasteiger partial charge in [-0.1, -0.05) is 19.3 Å². The summed E-state index contributed by atoms with van der Waals surface area (Å²) in [6, 6.07) is 0. The van der Waals surface area contributed by atoms with Gasteiger partial charge in [0, 0.05) is 45.8 Å². The van der Waals surface area contributed by atoms with Crippen molar-refractivity contribution in [2.24, 2.45) is 5.92 Å². The van der Waals surface area contributed by atoms with Crippen LogP contribution in [-0.2, 0) is 9.53 Å². The lowest BCUT2D eigenvalue weighted by molar-refractivity contribution is -0.134. The van der Waals surface area contributed by atoms with Crippen LogP contribution in [-0.4, -0.2) is 61.1 Å². The van der Waals surface area contributed by atoms with E-state index in [1.54, 1.807) is 0 Å². The molecule has 0 unspecified atom stereocenters. The van der Waals surface area contributed by atoms with Crippen molar-refractivity contribution in [2.75, 3.05) is 39.3 Å². The number of hydrogen-bond donors (Lipinski definition) is 0. The van der Waals surface area contributed by atoms with Crippen LogP contribution in [0.3, 0.4) is 0 Å². The van der Waals surface area contributed by atoms with E-state index >= 15 is 0 Å². The Balaban J connectivity index is 1.37. The molecule has 0 aromatic carbocycles. The lowest BCUT2D eigenvalue weighted by atomic mass is 9.86. The minimum Gasteiger partial charge on any atom is -0.377 e. The molecule has 1 amide bonds. The van der Waals surface area contributed by atoms with E-state index in [2.05, 4.69) is 9.80 Å². The molecule has 1 saturated carbocycles. The van der Waals surface area contributed by atoms with Crippen LogP contribution in [0.5, 0.6) is 0 Å². The fourth-order valence-electron chi connectivity index (χ4n) is 4.02. The first-order chi connectivity index (χ1) is 10.3. The average Bonchev–Trinajstić information content (AvgIpc) is 3.02. The summed E-state index contributed by atoms with van der Waals surface area (Å²) >= 11 is 0. The second kappa shape index (κ2) is 7.59. The van der Waals surface area contributed by atoms with Crippen LogP contribution in [0.1, 0.15) is 51.4 Å². The Bertz CT molecular complexity index is 328. The molecule has 4 nitrogen and oxygen atoms in total. The van der Waals surface area contributed by atoms with Crippen molar-refractivity contribution in [1.29, 1.82) is 0 Å². The number of nitrogens with zero attached hydrogens (tertiary/aromatic N) is 2. The molecule has 3 rings (SSSR count). The highest BCUT2D eigenvalue weighted by Gasteiger charge is 2.26. The van der Waals surface area contributed by atoms with Crippen LogP contribution in [0.4, 0.5) is 0 Å². The highest BCUT2D eigenvalue weighted by molar-refractivity contribution is 5.76. The van der Waals surface area contributed by atoms with Gasteiger partial charge in [0.2, 0.25) is 5.91 Å². The molecule has 2 aliphatic heterocycles. The van der Waals surface area contributed by atoms with Crippen molar-refractivity contribution in [1.82, 2.24) is 9.80 Å². The molecule has 0 bridgehead atoms. The van der Waals surface area contributed by atoms with Gasteiger partial charge in [0.05, 0.1) is 6.10 Å². The predicted molar refractivity (Wildman–Crippen MR) is 83.2 cm³/mol. The minimum absolute atomic E-state index is 0.402. The summed E-state index contributed by atoms with van der Waals surface area (Å²) in [6.45, 7) is 5.87. The Morgan fingerprint density at radius 1 is 0.952 bits per heavy atom. The van der Waals surface area contributed by atoms with Crippen molar-refractivity contribution in [2.45, 2.75) is 57.5 Å². The maximum atomic E-state index is 12.4. The van der Waals surface area contributed by atoms with E-state index in [9.17, 15) is 4.79 Å². The van der Waals surface area contributed by atoms with Crippen molar-refractivity contribution < 1.29 is 9.53 Å². The molecule has 3 aliphatic rings. The fourth-order valence-corrected chi connectivity index (χ4v) is 4.02. The summed E-state index contributed by atoms with van der Waals surface area (Å²) < 4.78 is 5.71. The van der Waals surface area contributed by atoms with E-state index in [1.165, 1.54) is 44.9 Å². The number of carbonyl (C=O) groups excluding carboxylic acids is 1. The summed E-state index contributed by atoms with van der Waals surface area (Å²) in [5.74, 6) is 1.06. The second-order valence-electron chi connectivity index (χ2n) is 7.02. The largest absolute Gasteiger partial charge is 0.377 e. The maximum absolute atomic E-state index is 12.4. The van der Waals surface area contributed by atoms with E-state index < -0.39 is 0 Å². The van der Waals surface area contributed by atoms with Gasteiger partial charge in [-0.2, -0.15) is 0 Å². The lowest BCUT2D eigenvalue weighted by Crippen LogP contribution is -2.50. The first-order valence-electron chi connectivity index (χ1n) is 8.93. The normalized spacial score (nSPS) is 29.0. The third kappa shape index (κ3) is 4.43. The highest BCUT2D eigenvalue weighted by Crippen LogP contribution is 2.27. The molecular formula is C17H30N2O2. The molecule has 120 valence electrons. The standard InChI is InChI=1S/C17H30N2O2/c20-17(13-15-5-2-1-3-6-15)19-10-8-18(9-11-19)14-16-7-4-12-21-16/h15-16H,1-14H2/t16-/m0/s1. The van der Waals surface area contributed by atoms with Crippen LogP contribution < -0.4 is 0 Å². The van der Waals surface area contributed by atoms with Crippen LogP contribution in [0, 0.1) is 5.92 Å². The van der Waals surface area contributed by atoms with Gasteiger partial charge in [-0.3, -0.25) is 9.69 Å². The molecule has 0 radical (unpaired) electrons. The molecule has 21 heavy (non-hydrogen) atoms. The number of rotatable bonds is 4. The van der Waals surface area contributed by atoms with Crippen molar-refractivity contribution >= 4 is 5.91 Å². The molecule has 1 atom stereocenters. The molecular weight excluding hydrogens is 264 g/mol. The van der Waals surface area contributed by atoms with Crippen LogP contribution in [0.2, 0.25) is 0 Å². The Morgan fingerprint density at radius 2 is 1.71 bits per heavy atom. The van der Waals surface area contributed by atoms with Crippen LogP contribution >= 0.6 is 0 Å². The molecule has 2 heterocycles. The van der Waals surface area contributed by atoms with E-state index in [4.69, 9.17) is 4.74 Å². The van der Waals surface area contributed by atoms with E-state index in [1.807, 2.05) is 0 Å². The molecule has 0 N–H and O–H groups in total. The van der Waals surface area contributed by atoms with Gasteiger partial charge in [-0.25, -0.2) is 0 Å². The Kier molecular flexibility index (Phi) is 5.53. The Hall–Kier alpha value is -0.610. The van der Waals surface area contributed by atoms with Crippen molar-refractivity contribution in [3.63, 3.8) is 0 Å². The molecule has 3 fully saturated rings. The number of ether oxygens (including phenoxy) is 1. The van der Waals surface area contributed by atoms with E-state index in [-0.39, 0.29) is 0 Å². The molecule has 4 heteroatoms. The van der Waals surface area contributed by atoms with Gasteiger partial charge in [0.1, 0.15) is 0 Å². The minimum atomic E-state index is 0.402. The number of piperazine rings is 1. The van der Waals surface area contributed by atoms with Gasteiger partial charge in [-0.05, 0) is 31.6 Å². The van der Waals surface area contributed by atoms with Gasteiger partial charge in [-0.15, -0.1) is 0 Å². The lowest BCUT2D eigenvalue weighted by Gasteiger charge is -2.36. The summed E-state index contributed by atoms with van der Waals surface area (Å²) in [5.41, 5.74) is 0. The maximum Gasteiger partial charge on any atom is 0.222 e. The summed E-state index contributed by atoms with van der Waals surface area (Å²) in [6.07, 6.45) is 10.2. The molecule has 0 aromatic heterocycles. The highest BCUT2D eigenvalue weighted by atomic mass is 16.5. The van der Waals surface area contributed by atoms with Gasteiger partial charge in [0.25, 0.3) is 0 Å². The van der Waals surface area contributed by atoms with Gasteiger partial charge >= 0.3 is 0 Å². The summed E-state index contributed by atoms with van der Waals surface area (Å²) in [4.78, 5) is 17.0. The van der Waals surface area contributed by atoms with Crippen molar-refractivity contribution in [3.8, 4) is 0 Å². The first kappa shape index (κ1) is 15.3. The van der Waals surface area contributed by atoms with E-state index in [0.29, 0.717) is 17.9 Å². The monoisotopic (exact) mass is 294 g/mol. The van der Waals surface area contributed by atoms with Crippen LogP contribution in [0.15, 0.2) is 0 Å². The topological polar surface area (TPSA) is 32.8 Å². The van der Waals surface area contributed by atoms with Gasteiger partial charge in [0.15, 0.2) is 0 Å². The zero-order valence-corrected chi connectivity index (χ0v) is 13.3. The molecule has 1 aliphatic carbocycles. The Labute approximate surface area is 128 Å². The number of hydrogen-bond acceptors (Lipinski definition) is 3. The number of amides is 1. The summed E-state index contributed by atoms with van der Waals surface area (Å²) in [7, 11) is 0. The average molecular weight is 294 g/mol. The van der Waals surface area contributed by atoms with Crippen molar-refractivity contribution in [3.05, 3.63) is 0 Å². The smallest absolute Gasteiger partial charge is 0.222 e. The fraction of sp³-hybridized carbons (Fsp3) is 0.941. The third-order valence-corrected chi connectivity index (χ3v) is 5.40. The van der Waals surface area contributed by atoms with E-state index in [0.717, 1.165) is 45.8 Å².